The zero-order valence-corrected chi connectivity index (χ0v) is 20.7. The maximum Gasteiger partial charge on any atom is 0.336 e. The summed E-state index contributed by atoms with van der Waals surface area (Å²) in [5.74, 6) is 0.798. The number of carbonyl (C=O) groups is 1. The first-order chi connectivity index (χ1) is 16.2. The van der Waals surface area contributed by atoms with Gasteiger partial charge in [-0.3, -0.25) is 0 Å². The van der Waals surface area contributed by atoms with Crippen LogP contribution in [0.5, 0.6) is 0 Å². The van der Waals surface area contributed by atoms with Crippen LogP contribution in [0.4, 0.5) is 0 Å². The van der Waals surface area contributed by atoms with Crippen molar-refractivity contribution in [2.45, 2.75) is 65.8 Å². The third-order valence-corrected chi connectivity index (χ3v) is 6.12. The van der Waals surface area contributed by atoms with Crippen LogP contribution in [0.15, 0.2) is 48.5 Å². The minimum atomic E-state index is -0.922. The van der Waals surface area contributed by atoms with Crippen molar-refractivity contribution in [3.8, 4) is 11.1 Å². The van der Waals surface area contributed by atoms with E-state index in [0.717, 1.165) is 44.9 Å². The third-order valence-electron chi connectivity index (χ3n) is 6.12. The summed E-state index contributed by atoms with van der Waals surface area (Å²) >= 11 is 0. The number of aromatic nitrogens is 4. The van der Waals surface area contributed by atoms with Gasteiger partial charge in [-0.25, -0.2) is 9.78 Å². The van der Waals surface area contributed by atoms with Crippen LogP contribution in [0.1, 0.15) is 92.4 Å². The molecule has 176 valence electrons. The number of hydrogen-bond donors (Lipinski definition) is 1. The van der Waals surface area contributed by atoms with Gasteiger partial charge in [0.2, 0.25) is 0 Å². The zero-order chi connectivity index (χ0) is 24.6. The average Bonchev–Trinajstić information content (AvgIpc) is 3.18. The molecule has 0 bridgehead atoms. The molecule has 4 rings (SSSR count). The number of hydrogen-bond acceptors (Lipinski definition) is 4. The second-order valence-electron chi connectivity index (χ2n) is 9.74. The number of fused-ring (bicyclic) bond motifs is 1. The smallest absolute Gasteiger partial charge is 0.336 e. The molecule has 34 heavy (non-hydrogen) atoms. The Balaban J connectivity index is 1.81. The van der Waals surface area contributed by atoms with Crippen molar-refractivity contribution in [3.63, 3.8) is 0 Å². The normalized spacial score (nSPS) is 11.8. The van der Waals surface area contributed by atoms with E-state index >= 15 is 0 Å². The zero-order valence-electron chi connectivity index (χ0n) is 20.7. The molecular weight excluding hydrogens is 424 g/mol. The molecule has 4 aromatic rings. The van der Waals surface area contributed by atoms with E-state index in [-0.39, 0.29) is 17.8 Å². The highest BCUT2D eigenvalue weighted by atomic mass is 16.4. The molecule has 0 aliphatic carbocycles. The Kier molecular flexibility index (Phi) is 6.51. The second kappa shape index (κ2) is 9.37. The summed E-state index contributed by atoms with van der Waals surface area (Å²) < 4.78 is 2.29. The van der Waals surface area contributed by atoms with Gasteiger partial charge in [-0.05, 0) is 34.6 Å². The minimum absolute atomic E-state index is 0.224. The molecule has 6 heteroatoms. The van der Waals surface area contributed by atoms with Crippen molar-refractivity contribution in [2.24, 2.45) is 0 Å². The lowest BCUT2D eigenvalue weighted by Crippen LogP contribution is -2.10. The first kappa shape index (κ1) is 23.6. The summed E-state index contributed by atoms with van der Waals surface area (Å²) in [6.45, 7) is 13.5. The first-order valence-corrected chi connectivity index (χ1v) is 11.9. The van der Waals surface area contributed by atoms with Gasteiger partial charge in [0.15, 0.2) is 0 Å². The van der Waals surface area contributed by atoms with Crippen LogP contribution < -0.4 is 0 Å². The fourth-order valence-corrected chi connectivity index (χ4v) is 4.38. The molecule has 0 radical (unpaired) electrons. The molecule has 2 heterocycles. The van der Waals surface area contributed by atoms with E-state index in [1.165, 1.54) is 0 Å². The molecule has 0 spiro atoms. The molecule has 0 aliphatic heterocycles. The van der Waals surface area contributed by atoms with Crippen LogP contribution in [0.25, 0.3) is 22.2 Å². The van der Waals surface area contributed by atoms with E-state index in [1.807, 2.05) is 24.3 Å². The van der Waals surface area contributed by atoms with Gasteiger partial charge in [0.1, 0.15) is 11.3 Å². The van der Waals surface area contributed by atoms with E-state index in [0.29, 0.717) is 12.1 Å². The monoisotopic (exact) mass is 456 g/mol. The summed E-state index contributed by atoms with van der Waals surface area (Å²) in [6.07, 6.45) is 0. The van der Waals surface area contributed by atoms with Crippen molar-refractivity contribution in [1.29, 1.82) is 0 Å². The summed E-state index contributed by atoms with van der Waals surface area (Å²) in [5, 5.41) is 18.7. The van der Waals surface area contributed by atoms with Gasteiger partial charge in [-0.15, -0.1) is 0 Å². The SMILES string of the molecule is CC(C)c1nnc(C(C)C)c2c1nc(C(C)C)n2Cc1ccc(-c2ccccc2C(=O)O)cc1. The molecule has 0 atom stereocenters. The Hall–Kier alpha value is -3.54. The molecule has 6 nitrogen and oxygen atoms in total. The lowest BCUT2D eigenvalue weighted by molar-refractivity contribution is 0.0697. The number of imidazole rings is 1. The fourth-order valence-electron chi connectivity index (χ4n) is 4.38. The molecule has 0 fully saturated rings. The molecule has 0 unspecified atom stereocenters. The summed E-state index contributed by atoms with van der Waals surface area (Å²) in [6, 6.07) is 15.2. The molecule has 2 aromatic carbocycles. The maximum atomic E-state index is 11.6. The molecule has 0 saturated carbocycles. The van der Waals surface area contributed by atoms with Crippen LogP contribution in [0.2, 0.25) is 0 Å². The minimum Gasteiger partial charge on any atom is -0.478 e. The third kappa shape index (κ3) is 4.32. The van der Waals surface area contributed by atoms with E-state index in [1.54, 1.807) is 12.1 Å². The Labute approximate surface area is 200 Å². The van der Waals surface area contributed by atoms with Crippen LogP contribution in [-0.4, -0.2) is 30.8 Å². The maximum absolute atomic E-state index is 11.6. The van der Waals surface area contributed by atoms with E-state index in [9.17, 15) is 9.90 Å². The Morgan fingerprint density at radius 1 is 0.853 bits per heavy atom. The Morgan fingerprint density at radius 2 is 1.47 bits per heavy atom. The van der Waals surface area contributed by atoms with Gasteiger partial charge < -0.3 is 9.67 Å². The highest BCUT2D eigenvalue weighted by molar-refractivity contribution is 5.96. The van der Waals surface area contributed by atoms with Crippen LogP contribution in [0.3, 0.4) is 0 Å². The molecule has 0 saturated heterocycles. The topological polar surface area (TPSA) is 80.9 Å². The predicted octanol–water partition coefficient (Wildman–Crippen LogP) is 6.61. The van der Waals surface area contributed by atoms with Gasteiger partial charge in [-0.2, -0.15) is 10.2 Å². The lowest BCUT2D eigenvalue weighted by atomic mass is 9.98. The highest BCUT2D eigenvalue weighted by Gasteiger charge is 2.23. The Morgan fingerprint density at radius 3 is 2.06 bits per heavy atom. The standard InChI is InChI=1S/C28H32N4O2/c1-16(2)23-25-26(24(17(3)4)31-30-23)32(27(29-25)18(5)6)15-19-11-13-20(14-12-19)21-9-7-8-10-22(21)28(33)34/h7-14,16-18H,15H2,1-6H3,(H,33,34). The average molecular weight is 457 g/mol. The van der Waals surface area contributed by atoms with E-state index < -0.39 is 5.97 Å². The molecular formula is C28H32N4O2. The second-order valence-corrected chi connectivity index (χ2v) is 9.74. The van der Waals surface area contributed by atoms with Crippen LogP contribution in [-0.2, 0) is 6.54 Å². The van der Waals surface area contributed by atoms with Crippen LogP contribution >= 0.6 is 0 Å². The van der Waals surface area contributed by atoms with Crippen molar-refractivity contribution in [3.05, 3.63) is 76.9 Å². The van der Waals surface area contributed by atoms with Crippen molar-refractivity contribution in [1.82, 2.24) is 19.7 Å². The molecule has 0 aliphatic rings. The number of rotatable bonds is 7. The first-order valence-electron chi connectivity index (χ1n) is 11.9. The number of benzene rings is 2. The molecule has 0 amide bonds. The summed E-state index contributed by atoms with van der Waals surface area (Å²) in [7, 11) is 0. The van der Waals surface area contributed by atoms with Crippen molar-refractivity contribution >= 4 is 17.0 Å². The van der Waals surface area contributed by atoms with E-state index in [4.69, 9.17) is 4.98 Å². The van der Waals surface area contributed by atoms with Gasteiger partial charge in [0, 0.05) is 12.5 Å². The number of aromatic carboxylic acids is 1. The Bertz CT molecular complexity index is 1330. The summed E-state index contributed by atoms with van der Waals surface area (Å²) in [4.78, 5) is 16.7. The van der Waals surface area contributed by atoms with Crippen LogP contribution in [0, 0.1) is 0 Å². The fraction of sp³-hybridized carbons (Fsp3) is 0.357. The quantitative estimate of drug-likeness (QED) is 0.338. The van der Waals surface area contributed by atoms with Gasteiger partial charge in [-0.1, -0.05) is 84.0 Å². The van der Waals surface area contributed by atoms with Gasteiger partial charge >= 0.3 is 5.97 Å². The number of carboxylic acid groups (broad SMARTS) is 1. The molecule has 2 aromatic heterocycles. The van der Waals surface area contributed by atoms with E-state index in [2.05, 4.69) is 68.4 Å². The molecule has 1 N–H and O–H groups in total. The van der Waals surface area contributed by atoms with Gasteiger partial charge in [0.05, 0.1) is 22.5 Å². The largest absolute Gasteiger partial charge is 0.478 e. The number of nitrogens with zero attached hydrogens (tertiary/aromatic N) is 4. The number of carboxylic acids is 1. The van der Waals surface area contributed by atoms with Crippen molar-refractivity contribution < 1.29 is 9.90 Å². The summed E-state index contributed by atoms with van der Waals surface area (Å²) in [5.41, 5.74) is 6.94. The lowest BCUT2D eigenvalue weighted by Gasteiger charge is -2.15. The van der Waals surface area contributed by atoms with Gasteiger partial charge in [0.25, 0.3) is 0 Å². The highest BCUT2D eigenvalue weighted by Crippen LogP contribution is 2.32. The van der Waals surface area contributed by atoms with Crippen molar-refractivity contribution in [2.75, 3.05) is 0 Å². The predicted molar refractivity (Wildman–Crippen MR) is 136 cm³/mol.